The highest BCUT2D eigenvalue weighted by molar-refractivity contribution is 6.03. The molecule has 0 fully saturated rings. The second-order valence-corrected chi connectivity index (χ2v) is 9.05. The van der Waals surface area contributed by atoms with Crippen LogP contribution >= 0.6 is 0 Å². The van der Waals surface area contributed by atoms with Gasteiger partial charge in [0.1, 0.15) is 5.60 Å². The molecule has 2 heterocycles. The van der Waals surface area contributed by atoms with E-state index in [0.717, 1.165) is 16.6 Å². The van der Waals surface area contributed by atoms with Gasteiger partial charge in [0.25, 0.3) is 5.66 Å². The predicted octanol–water partition coefficient (Wildman–Crippen LogP) is 4.90. The van der Waals surface area contributed by atoms with Gasteiger partial charge in [-0.05, 0) is 52.0 Å². The van der Waals surface area contributed by atoms with E-state index < -0.39 is 23.3 Å². The van der Waals surface area contributed by atoms with Crippen LogP contribution in [0.5, 0.6) is 0 Å². The minimum Gasteiger partial charge on any atom is -0.466 e. The number of nitrogens with zero attached hydrogens (tertiary/aromatic N) is 2. The topological polar surface area (TPSA) is 84.8 Å². The zero-order valence-corrected chi connectivity index (χ0v) is 19.9. The Labute approximate surface area is 193 Å². The van der Waals surface area contributed by atoms with Crippen LogP contribution in [0.3, 0.4) is 0 Å². The molecule has 0 spiro atoms. The minimum absolute atomic E-state index is 0.457. The molecule has 3 aromatic rings. The number of amides is 1. The third-order valence-electron chi connectivity index (χ3n) is 5.80. The SMILES string of the molecule is CCn1c(C2(C(=O)OC)Nc3cccc(NC(=O)OC(C)(C)C)c3N2C)cc2ccccc21. The number of fused-ring (bicyclic) bond motifs is 2. The minimum atomic E-state index is -1.32. The Bertz CT molecular complexity index is 1230. The molecule has 0 aliphatic carbocycles. The summed E-state index contributed by atoms with van der Waals surface area (Å²) in [5, 5.41) is 7.25. The molecule has 0 saturated heterocycles. The van der Waals surface area contributed by atoms with E-state index in [9.17, 15) is 9.59 Å². The number of aromatic nitrogens is 1. The molecule has 1 aliphatic heterocycles. The van der Waals surface area contributed by atoms with Crippen LogP contribution in [0.2, 0.25) is 0 Å². The Morgan fingerprint density at radius 1 is 1.12 bits per heavy atom. The van der Waals surface area contributed by atoms with Gasteiger partial charge >= 0.3 is 12.1 Å². The van der Waals surface area contributed by atoms with E-state index in [0.29, 0.717) is 23.6 Å². The zero-order valence-electron chi connectivity index (χ0n) is 19.9. The van der Waals surface area contributed by atoms with Crippen molar-refractivity contribution >= 4 is 40.0 Å². The summed E-state index contributed by atoms with van der Waals surface area (Å²) in [5.41, 5.74) is 1.71. The van der Waals surface area contributed by atoms with E-state index >= 15 is 0 Å². The van der Waals surface area contributed by atoms with Gasteiger partial charge in [-0.3, -0.25) is 5.32 Å². The molecule has 1 atom stereocenters. The maximum Gasteiger partial charge on any atom is 0.412 e. The molecule has 33 heavy (non-hydrogen) atoms. The third-order valence-corrected chi connectivity index (χ3v) is 5.80. The number of methoxy groups -OCH3 is 1. The molecule has 0 bridgehead atoms. The summed E-state index contributed by atoms with van der Waals surface area (Å²) in [6, 6.07) is 15.5. The van der Waals surface area contributed by atoms with Gasteiger partial charge in [-0.25, -0.2) is 9.59 Å². The van der Waals surface area contributed by atoms with Crippen molar-refractivity contribution in [3.63, 3.8) is 0 Å². The second-order valence-electron chi connectivity index (χ2n) is 9.05. The standard InChI is InChI=1S/C25H30N4O4/c1-7-29-19-14-9-8-11-16(19)15-20(29)25(22(30)32-6)27-18-13-10-12-17(21(18)28(25)5)26-23(31)33-24(2,3)4/h8-15,27H,7H2,1-6H3,(H,26,31). The van der Waals surface area contributed by atoms with E-state index in [1.165, 1.54) is 7.11 Å². The molecular formula is C25H30N4O4. The second kappa shape index (κ2) is 8.03. The van der Waals surface area contributed by atoms with Gasteiger partial charge in [0.15, 0.2) is 0 Å². The van der Waals surface area contributed by atoms with Crippen LogP contribution in [-0.2, 0) is 26.5 Å². The maximum absolute atomic E-state index is 13.4. The van der Waals surface area contributed by atoms with Gasteiger partial charge in [-0.1, -0.05) is 24.3 Å². The van der Waals surface area contributed by atoms with Gasteiger partial charge in [0.05, 0.1) is 29.9 Å². The average Bonchev–Trinajstić information content (AvgIpc) is 3.28. The fourth-order valence-corrected chi connectivity index (χ4v) is 4.49. The lowest BCUT2D eigenvalue weighted by molar-refractivity contribution is -0.146. The molecule has 1 unspecified atom stereocenters. The smallest absolute Gasteiger partial charge is 0.412 e. The van der Waals surface area contributed by atoms with E-state index in [1.54, 1.807) is 6.07 Å². The molecule has 0 radical (unpaired) electrons. The summed E-state index contributed by atoms with van der Waals surface area (Å²) >= 11 is 0. The largest absolute Gasteiger partial charge is 0.466 e. The van der Waals surface area contributed by atoms with E-state index in [-0.39, 0.29) is 0 Å². The van der Waals surface area contributed by atoms with Crippen molar-refractivity contribution in [3.05, 3.63) is 54.2 Å². The monoisotopic (exact) mass is 450 g/mol. The Balaban J connectivity index is 1.85. The molecule has 2 aromatic carbocycles. The number of hydrogen-bond donors (Lipinski definition) is 2. The van der Waals surface area contributed by atoms with Gasteiger partial charge in [0.2, 0.25) is 0 Å². The van der Waals surface area contributed by atoms with Crippen LogP contribution in [0.4, 0.5) is 21.9 Å². The fourth-order valence-electron chi connectivity index (χ4n) is 4.49. The molecule has 8 nitrogen and oxygen atoms in total. The van der Waals surface area contributed by atoms with Crippen LogP contribution < -0.4 is 15.5 Å². The van der Waals surface area contributed by atoms with Crippen LogP contribution in [0.1, 0.15) is 33.4 Å². The number of para-hydroxylation sites is 2. The first kappa shape index (κ1) is 22.5. The number of carbonyl (C=O) groups is 2. The molecule has 8 heteroatoms. The van der Waals surface area contributed by atoms with Crippen molar-refractivity contribution < 1.29 is 19.1 Å². The summed E-state index contributed by atoms with van der Waals surface area (Å²) < 4.78 is 12.8. The van der Waals surface area contributed by atoms with Gasteiger partial charge in [-0.2, -0.15) is 0 Å². The number of anilines is 3. The molecule has 4 rings (SSSR count). The fraction of sp³-hybridized carbons (Fsp3) is 0.360. The van der Waals surface area contributed by atoms with Crippen LogP contribution in [0, 0.1) is 0 Å². The number of esters is 1. The quantitative estimate of drug-likeness (QED) is 0.550. The molecule has 174 valence electrons. The maximum atomic E-state index is 13.4. The number of aryl methyl sites for hydroxylation is 1. The highest BCUT2D eigenvalue weighted by Gasteiger charge is 2.53. The molecule has 1 amide bonds. The molecule has 2 N–H and O–H groups in total. The van der Waals surface area contributed by atoms with Crippen molar-refractivity contribution in [3.8, 4) is 0 Å². The first-order chi connectivity index (χ1) is 15.6. The Morgan fingerprint density at radius 2 is 1.85 bits per heavy atom. The number of rotatable bonds is 4. The number of hydrogen-bond acceptors (Lipinski definition) is 6. The Hall–Kier alpha value is -3.68. The zero-order chi connectivity index (χ0) is 24.0. The van der Waals surface area contributed by atoms with Crippen LogP contribution in [0.15, 0.2) is 48.5 Å². The summed E-state index contributed by atoms with van der Waals surface area (Å²) in [5.74, 6) is -0.457. The lowest BCUT2D eigenvalue weighted by atomic mass is 10.0. The molecular weight excluding hydrogens is 420 g/mol. The Kier molecular flexibility index (Phi) is 5.47. The lowest BCUT2D eigenvalue weighted by Gasteiger charge is -2.36. The first-order valence-corrected chi connectivity index (χ1v) is 10.9. The van der Waals surface area contributed by atoms with E-state index in [4.69, 9.17) is 9.47 Å². The van der Waals surface area contributed by atoms with Gasteiger partial charge < -0.3 is 24.3 Å². The predicted molar refractivity (Wildman–Crippen MR) is 130 cm³/mol. The van der Waals surface area contributed by atoms with Crippen molar-refractivity contribution in [1.29, 1.82) is 0 Å². The summed E-state index contributed by atoms with van der Waals surface area (Å²) in [6.45, 7) is 8.12. The van der Waals surface area contributed by atoms with Crippen LogP contribution in [0.25, 0.3) is 10.9 Å². The molecule has 1 aromatic heterocycles. The highest BCUT2D eigenvalue weighted by atomic mass is 16.6. The summed E-state index contributed by atoms with van der Waals surface area (Å²) in [7, 11) is 3.19. The molecule has 0 saturated carbocycles. The van der Waals surface area contributed by atoms with Crippen molar-refractivity contribution in [1.82, 2.24) is 4.57 Å². The normalized spacial score (nSPS) is 17.5. The number of likely N-dealkylation sites (N-methyl/N-ethyl adjacent to an activating group) is 1. The summed E-state index contributed by atoms with van der Waals surface area (Å²) in [4.78, 5) is 27.8. The Morgan fingerprint density at radius 3 is 2.52 bits per heavy atom. The van der Waals surface area contributed by atoms with Gasteiger partial charge in [-0.15, -0.1) is 0 Å². The van der Waals surface area contributed by atoms with E-state index in [1.807, 2.05) is 82.1 Å². The number of carbonyl (C=O) groups excluding carboxylic acids is 2. The lowest BCUT2D eigenvalue weighted by Crippen LogP contribution is -2.54. The number of ether oxygens (including phenoxy) is 2. The van der Waals surface area contributed by atoms with Crippen molar-refractivity contribution in [2.75, 3.05) is 29.7 Å². The summed E-state index contributed by atoms with van der Waals surface area (Å²) in [6.07, 6.45) is -0.567. The third kappa shape index (κ3) is 3.65. The highest BCUT2D eigenvalue weighted by Crippen LogP contribution is 2.49. The first-order valence-electron chi connectivity index (χ1n) is 10.9. The van der Waals surface area contributed by atoms with Crippen molar-refractivity contribution in [2.24, 2.45) is 0 Å². The van der Waals surface area contributed by atoms with Crippen LogP contribution in [-0.4, -0.2) is 36.4 Å². The number of nitrogens with one attached hydrogen (secondary N) is 2. The van der Waals surface area contributed by atoms with Crippen molar-refractivity contribution in [2.45, 2.75) is 45.5 Å². The average molecular weight is 451 g/mol. The number of benzene rings is 2. The molecule has 1 aliphatic rings. The van der Waals surface area contributed by atoms with Gasteiger partial charge in [0, 0.05) is 24.5 Å². The van der Waals surface area contributed by atoms with E-state index in [2.05, 4.69) is 15.2 Å².